The molecule has 720 valence electrons. The molecule has 0 amide bonds. The Morgan fingerprint density at radius 3 is 0.0741 bits per heavy atom. The molecular formula is C30H30Ca15O90. The zero-order valence-corrected chi connectivity index (χ0v) is 96.6. The van der Waals surface area contributed by atoms with Crippen LogP contribution in [-0.4, -0.2) is 904 Å². The van der Waals surface area contributed by atoms with E-state index in [1.54, 1.807) is 0 Å². The van der Waals surface area contributed by atoms with E-state index >= 15 is 0 Å². The number of carbonyl (C=O) groups is 30. The molecule has 135 heavy (non-hydrogen) atoms. The third kappa shape index (κ3) is 242000. The van der Waals surface area contributed by atoms with Crippen molar-refractivity contribution in [2.75, 3.05) is 0 Å². The summed E-state index contributed by atoms with van der Waals surface area (Å²) in [7, 11) is 0. The molecule has 0 aliphatic heterocycles. The van der Waals surface area contributed by atoms with E-state index in [4.69, 9.17) is 450 Å². The van der Waals surface area contributed by atoms with Crippen molar-refractivity contribution in [1.82, 2.24) is 0 Å². The zero-order valence-electron chi connectivity index (χ0n) is 63.5. The smallest absolute Gasteiger partial charge is 0.652 e. The van der Waals surface area contributed by atoms with Gasteiger partial charge in [-0.2, -0.15) is 0 Å². The van der Waals surface area contributed by atoms with Crippen LogP contribution in [0.15, 0.2) is 0 Å². The normalized spacial score (nSPS) is 5.33. The van der Waals surface area contributed by atoms with Crippen molar-refractivity contribution in [3.05, 3.63) is 0 Å². The number of hydrogen-bond acceptors (Lipinski definition) is 60. The first-order valence-electron chi connectivity index (χ1n) is 19.0. The quantitative estimate of drug-likeness (QED) is 0.100. The minimum atomic E-state index is -2.33. The molecule has 0 radical (unpaired) electrons. The Morgan fingerprint density at radius 2 is 0.0741 bits per heavy atom. The summed E-state index contributed by atoms with van der Waals surface area (Å²) in [6.45, 7) is 0. The Balaban J connectivity index is -0.0000000144. The van der Waals surface area contributed by atoms with E-state index in [0.29, 0.717) is 0 Å². The molecule has 0 bridgehead atoms. The van der Waals surface area contributed by atoms with Crippen molar-refractivity contribution in [2.45, 2.75) is 0 Å². The Hall–Kier alpha value is -3.00. The average molecular weight is 2430 g/mol. The standard InChI is InChI=1S/30CH2O3.15Ca/c30*2-1(3)4;;;;;;;;;;;;;;;/h30*(H2,2,3,4);;;;;;;;;;;;;;;/q;;;;;;;;;;;;;;;;;;;;;;;;;;;;;;15*+2/p-30. The topological polar surface area (TPSA) is 1810 Å². The van der Waals surface area contributed by atoms with Crippen LogP contribution in [0.3, 0.4) is 0 Å². The van der Waals surface area contributed by atoms with Crippen LogP contribution < -0.4 is 153 Å². The largest absolute Gasteiger partial charge is 2.00 e. The maximum absolute atomic E-state index is 8.56. The van der Waals surface area contributed by atoms with Gasteiger partial charge in [0.2, 0.25) is 0 Å². The van der Waals surface area contributed by atoms with E-state index in [9.17, 15) is 0 Å². The van der Waals surface area contributed by atoms with Crippen molar-refractivity contribution in [2.24, 2.45) is 0 Å². The molecule has 0 heterocycles. The van der Waals surface area contributed by atoms with Crippen LogP contribution in [0.25, 0.3) is 0 Å². The van der Waals surface area contributed by atoms with Gasteiger partial charge in [-0.3, -0.25) is 0 Å². The van der Waals surface area contributed by atoms with Crippen molar-refractivity contribution < 1.29 is 450 Å². The van der Waals surface area contributed by atoms with E-state index < -0.39 is 185 Å². The van der Waals surface area contributed by atoms with Crippen LogP contribution in [-0.2, 0) is 0 Å². The molecule has 0 unspecified atom stereocenters. The van der Waals surface area contributed by atoms with Crippen LogP contribution in [0.5, 0.6) is 0 Å². The second kappa shape index (κ2) is 292. The molecule has 0 aromatic carbocycles. The van der Waals surface area contributed by atoms with Gasteiger partial charge in [-0.1, -0.05) is 0 Å². The summed E-state index contributed by atoms with van der Waals surface area (Å²) in [4.78, 5) is 253. The number of rotatable bonds is 0. The van der Waals surface area contributed by atoms with Crippen LogP contribution >= 0.6 is 0 Å². The van der Waals surface area contributed by atoms with Crippen LogP contribution in [0.1, 0.15) is 0 Å². The average Bonchev–Trinajstić information content (AvgIpc) is 3.29. The second-order valence-corrected chi connectivity index (χ2v) is 7.99. The summed E-state index contributed by atoms with van der Waals surface area (Å²) < 4.78 is 0. The Morgan fingerprint density at radius 1 is 0.0741 bits per heavy atom. The predicted octanol–water partition coefficient (Wildman–Crippen LogP) is -39.1. The third-order valence-electron chi connectivity index (χ3n) is 0. The minimum absolute atomic E-state index is 0. The molecule has 0 aliphatic carbocycles. The van der Waals surface area contributed by atoms with Gasteiger partial charge in [-0.25, -0.2) is 71.9 Å². The monoisotopic (exact) mass is 2430 g/mol. The first-order chi connectivity index (χ1) is 52.0. The molecule has 0 aromatic rings. The van der Waals surface area contributed by atoms with Crippen molar-refractivity contribution >= 4 is 751 Å². The summed E-state index contributed by atoms with van der Waals surface area (Å²) in [5.74, 6) is 0. The van der Waals surface area contributed by atoms with Gasteiger partial charge in [0.25, 0.3) is 0 Å². The molecular weight excluding hydrogens is 2400 g/mol. The van der Waals surface area contributed by atoms with Crippen molar-refractivity contribution in [1.29, 1.82) is 0 Å². The fraction of sp³-hybridized carbons (Fsp3) is 0. The Bertz CT molecular complexity index is 1740. The van der Waals surface area contributed by atoms with Gasteiger partial charge >= 0.3 is 658 Å². The molecule has 0 saturated carbocycles. The van der Waals surface area contributed by atoms with Crippen molar-refractivity contribution in [3.63, 3.8) is 0 Å². The summed E-state index contributed by atoms with van der Waals surface area (Å²) in [5, 5.41) is 459. The Labute approximate surface area is 1180 Å². The molecule has 0 spiro atoms. The maximum atomic E-state index is 8.56. The SMILES string of the molecule is O=C(O)O.O=C(O)O.O=C(O)O.O=C(O)O.O=C(O)O.O=C(O)O.O=C(O)O.O=C(O)O.O=C(O)O.O=C(O)O.O=C(O)O.O=C(O)O.O=C(O)O.O=C(O)O.O=C(O)O.O=C([O-])[O-].O=C([O-])[O-].O=C([O-])[O-].O=C([O-])[O-].O=C([O-])[O-].O=C([O-])[O-].O=C([O-])[O-].O=C([O-])[O-].O=C([O-])[O-].O=C([O-])[O-].O=C([O-])[O-].O=C([O-])[O-].O=C([O-])[O-].O=C([O-])[O-].O=C([O-])[O-].[Ca+2].[Ca+2].[Ca+2].[Ca+2].[Ca+2].[Ca+2].[Ca+2].[Ca+2].[Ca+2].[Ca+2].[Ca+2].[Ca+2].[Ca+2].[Ca+2].[Ca+2]. The number of hydrogen-bond donors (Lipinski definition) is 30. The summed E-state index contributed by atoms with van der Waals surface area (Å²) in [6, 6.07) is 0. The molecule has 90 nitrogen and oxygen atoms in total. The molecule has 105 heteroatoms. The van der Waals surface area contributed by atoms with E-state index in [2.05, 4.69) is 0 Å². The summed E-state index contributed by atoms with van der Waals surface area (Å²) >= 11 is 0. The molecule has 0 aliphatic rings. The minimum Gasteiger partial charge on any atom is -0.652 e. The molecule has 0 rings (SSSR count). The van der Waals surface area contributed by atoms with Gasteiger partial charge in [0, 0.05) is 0 Å². The first-order valence-corrected chi connectivity index (χ1v) is 19.0. The zero-order chi connectivity index (χ0) is 107. The first kappa shape index (κ1) is 299. The van der Waals surface area contributed by atoms with E-state index in [1.165, 1.54) is 0 Å². The van der Waals surface area contributed by atoms with Gasteiger partial charge < -0.3 is 378 Å². The van der Waals surface area contributed by atoms with Crippen LogP contribution in [0.2, 0.25) is 0 Å². The fourth-order valence-corrected chi connectivity index (χ4v) is 0. The number of carboxylic acid groups (broad SMARTS) is 60. The third-order valence-corrected chi connectivity index (χ3v) is 0. The summed E-state index contributed by atoms with van der Waals surface area (Å²) in [6.07, 6.45) is -62.5. The van der Waals surface area contributed by atoms with E-state index in [1.807, 2.05) is 0 Å². The van der Waals surface area contributed by atoms with Gasteiger partial charge in [-0.15, -0.1) is 0 Å². The molecule has 0 atom stereocenters. The molecule has 0 fully saturated rings. The Kier molecular flexibility index (Phi) is 648. The summed E-state index contributed by atoms with van der Waals surface area (Å²) in [5.41, 5.74) is 0. The van der Waals surface area contributed by atoms with E-state index in [-0.39, 0.29) is 566 Å². The second-order valence-electron chi connectivity index (χ2n) is 7.99. The van der Waals surface area contributed by atoms with Gasteiger partial charge in [-0.05, 0) is 92.3 Å². The van der Waals surface area contributed by atoms with Crippen LogP contribution in [0, 0.1) is 0 Å². The van der Waals surface area contributed by atoms with Gasteiger partial charge in [0.1, 0.15) is 0 Å². The molecule has 0 aromatic heterocycles. The van der Waals surface area contributed by atoms with Gasteiger partial charge in [0.05, 0.1) is 0 Å². The number of carbonyl (C=O) groups excluding carboxylic acids is 15. The maximum Gasteiger partial charge on any atom is 2.00 e. The van der Waals surface area contributed by atoms with Gasteiger partial charge in [0.15, 0.2) is 0 Å². The van der Waals surface area contributed by atoms with E-state index in [0.717, 1.165) is 0 Å². The fourth-order valence-electron chi connectivity index (χ4n) is 0. The van der Waals surface area contributed by atoms with Crippen molar-refractivity contribution in [3.8, 4) is 0 Å². The predicted molar refractivity (Wildman–Crippen MR) is 327 cm³/mol. The van der Waals surface area contributed by atoms with Crippen LogP contribution in [0.4, 0.5) is 144 Å². The molecule has 0 saturated heterocycles. The molecule has 30 N–H and O–H groups in total.